The first-order chi connectivity index (χ1) is 15.5. The zero-order chi connectivity index (χ0) is 22.7. The van der Waals surface area contributed by atoms with Crippen molar-refractivity contribution in [2.45, 2.75) is 19.9 Å². The molecular formula is C23H20N4O4S. The molecule has 4 aromatic rings. The van der Waals surface area contributed by atoms with Crippen molar-refractivity contribution < 1.29 is 14.7 Å². The van der Waals surface area contributed by atoms with Gasteiger partial charge in [0.2, 0.25) is 5.91 Å². The van der Waals surface area contributed by atoms with Gasteiger partial charge in [-0.15, -0.1) is 11.3 Å². The Morgan fingerprint density at radius 3 is 2.34 bits per heavy atom. The van der Waals surface area contributed by atoms with Gasteiger partial charge in [-0.1, -0.05) is 25.1 Å². The Labute approximate surface area is 187 Å². The van der Waals surface area contributed by atoms with E-state index < -0.39 is 17.4 Å². The lowest BCUT2D eigenvalue weighted by Gasteiger charge is -2.12. The summed E-state index contributed by atoms with van der Waals surface area (Å²) in [6.07, 6.45) is 0.429. The van der Waals surface area contributed by atoms with Crippen LogP contribution in [0.3, 0.4) is 0 Å². The second kappa shape index (κ2) is 9.03. The summed E-state index contributed by atoms with van der Waals surface area (Å²) in [7, 11) is 0. The number of hydrogen-bond donors (Lipinski definition) is 3. The molecule has 4 rings (SSSR count). The average Bonchev–Trinajstić information content (AvgIpc) is 3.22. The highest BCUT2D eigenvalue weighted by atomic mass is 32.1. The Kier molecular flexibility index (Phi) is 6.00. The molecule has 32 heavy (non-hydrogen) atoms. The molecule has 0 fully saturated rings. The number of aryl methyl sites for hydroxylation is 1. The summed E-state index contributed by atoms with van der Waals surface area (Å²) < 4.78 is 1.24. The highest BCUT2D eigenvalue weighted by Gasteiger charge is 2.20. The fourth-order valence-electron chi connectivity index (χ4n) is 3.33. The van der Waals surface area contributed by atoms with Crippen LogP contribution in [0, 0.1) is 0 Å². The second-order valence-corrected chi connectivity index (χ2v) is 7.88. The molecule has 2 heterocycles. The molecule has 8 nitrogen and oxygen atoms in total. The number of aromatic carboxylic acids is 1. The molecule has 1 amide bonds. The molecule has 162 valence electrons. The van der Waals surface area contributed by atoms with E-state index in [-0.39, 0.29) is 17.5 Å². The molecule has 0 saturated carbocycles. The van der Waals surface area contributed by atoms with Gasteiger partial charge in [0, 0.05) is 28.9 Å². The predicted molar refractivity (Wildman–Crippen MR) is 125 cm³/mol. The van der Waals surface area contributed by atoms with E-state index in [1.165, 1.54) is 9.95 Å². The van der Waals surface area contributed by atoms with Gasteiger partial charge in [-0.05, 0) is 36.4 Å². The van der Waals surface area contributed by atoms with Crippen LogP contribution in [0.1, 0.15) is 23.1 Å². The molecular weight excluding hydrogens is 428 g/mol. The van der Waals surface area contributed by atoms with Gasteiger partial charge in [0.1, 0.15) is 17.2 Å². The molecule has 0 atom stereocenters. The monoisotopic (exact) mass is 448 g/mol. The molecule has 0 aliphatic carbocycles. The van der Waals surface area contributed by atoms with Crippen molar-refractivity contribution in [3.8, 4) is 0 Å². The van der Waals surface area contributed by atoms with E-state index in [9.17, 15) is 19.5 Å². The lowest BCUT2D eigenvalue weighted by atomic mass is 10.2. The van der Waals surface area contributed by atoms with Crippen LogP contribution < -0.4 is 16.2 Å². The molecule has 9 heteroatoms. The first-order valence-electron chi connectivity index (χ1n) is 9.92. The SMILES string of the molecule is CCc1nc2scc(C(=O)O)c2c(=O)n1CC(=O)Nc1ccc(Nc2ccccc2)cc1. The number of carbonyl (C=O) groups excluding carboxylic acids is 1. The van der Waals surface area contributed by atoms with Crippen molar-refractivity contribution in [1.29, 1.82) is 0 Å². The van der Waals surface area contributed by atoms with Crippen molar-refractivity contribution in [1.82, 2.24) is 9.55 Å². The van der Waals surface area contributed by atoms with Crippen molar-refractivity contribution in [3.05, 3.63) is 81.7 Å². The number of fused-ring (bicyclic) bond motifs is 1. The van der Waals surface area contributed by atoms with Crippen molar-refractivity contribution in [2.75, 3.05) is 10.6 Å². The summed E-state index contributed by atoms with van der Waals surface area (Å²) in [6.45, 7) is 1.57. The van der Waals surface area contributed by atoms with Gasteiger partial charge in [0.15, 0.2) is 0 Å². The molecule has 0 spiro atoms. The van der Waals surface area contributed by atoms with Crippen LogP contribution in [0.25, 0.3) is 10.2 Å². The zero-order valence-corrected chi connectivity index (χ0v) is 18.0. The number of rotatable bonds is 7. The number of para-hydroxylation sites is 1. The topological polar surface area (TPSA) is 113 Å². The number of carbonyl (C=O) groups is 2. The number of benzene rings is 2. The molecule has 0 aliphatic rings. The Morgan fingerprint density at radius 2 is 1.69 bits per heavy atom. The Hall–Kier alpha value is -3.98. The zero-order valence-electron chi connectivity index (χ0n) is 17.2. The van der Waals surface area contributed by atoms with E-state index in [0.29, 0.717) is 22.8 Å². The number of carboxylic acid groups (broad SMARTS) is 1. The van der Waals surface area contributed by atoms with E-state index in [0.717, 1.165) is 22.7 Å². The summed E-state index contributed by atoms with van der Waals surface area (Å²) in [5.41, 5.74) is 1.78. The summed E-state index contributed by atoms with van der Waals surface area (Å²) in [5.74, 6) is -1.17. The lowest BCUT2D eigenvalue weighted by Crippen LogP contribution is -2.31. The van der Waals surface area contributed by atoms with Gasteiger partial charge in [-0.25, -0.2) is 9.78 Å². The van der Waals surface area contributed by atoms with Crippen LogP contribution >= 0.6 is 11.3 Å². The summed E-state index contributed by atoms with van der Waals surface area (Å²) in [5, 5.41) is 16.8. The maximum atomic E-state index is 13.0. The summed E-state index contributed by atoms with van der Waals surface area (Å²) in [4.78, 5) is 41.8. The van der Waals surface area contributed by atoms with Gasteiger partial charge in [-0.2, -0.15) is 0 Å². The maximum Gasteiger partial charge on any atom is 0.337 e. The number of hydrogen-bond acceptors (Lipinski definition) is 6. The normalized spacial score (nSPS) is 10.8. The summed E-state index contributed by atoms with van der Waals surface area (Å²) in [6, 6.07) is 16.9. The standard InChI is InChI=1S/C23H20N4O4S/c1-2-18-26-21-20(17(13-32-21)23(30)31)22(29)27(18)12-19(28)25-16-10-8-15(9-11-16)24-14-6-4-3-5-7-14/h3-11,13,24H,2,12H2,1H3,(H,25,28)(H,30,31). The van der Waals surface area contributed by atoms with E-state index in [4.69, 9.17) is 0 Å². The lowest BCUT2D eigenvalue weighted by molar-refractivity contribution is -0.116. The second-order valence-electron chi connectivity index (χ2n) is 7.02. The van der Waals surface area contributed by atoms with Crippen LogP contribution in [-0.2, 0) is 17.8 Å². The third kappa shape index (κ3) is 4.37. The van der Waals surface area contributed by atoms with Gasteiger partial charge in [0.05, 0.1) is 10.9 Å². The number of anilines is 3. The number of nitrogens with one attached hydrogen (secondary N) is 2. The van der Waals surface area contributed by atoms with Crippen LogP contribution in [0.4, 0.5) is 17.1 Å². The minimum Gasteiger partial charge on any atom is -0.478 e. The molecule has 2 aromatic heterocycles. The third-order valence-corrected chi connectivity index (χ3v) is 5.72. The molecule has 0 bridgehead atoms. The van der Waals surface area contributed by atoms with Gasteiger partial charge in [0.25, 0.3) is 5.56 Å². The van der Waals surface area contributed by atoms with Crippen LogP contribution in [0.5, 0.6) is 0 Å². The van der Waals surface area contributed by atoms with Gasteiger partial charge >= 0.3 is 5.97 Å². The number of aromatic nitrogens is 2. The fraction of sp³-hybridized carbons (Fsp3) is 0.130. The number of amides is 1. The summed E-state index contributed by atoms with van der Waals surface area (Å²) >= 11 is 1.11. The van der Waals surface area contributed by atoms with Gasteiger partial charge < -0.3 is 15.7 Å². The Morgan fingerprint density at radius 1 is 1.03 bits per heavy atom. The van der Waals surface area contributed by atoms with Crippen molar-refractivity contribution in [3.63, 3.8) is 0 Å². The average molecular weight is 449 g/mol. The largest absolute Gasteiger partial charge is 0.478 e. The van der Waals surface area contributed by atoms with Crippen LogP contribution in [0.15, 0.2) is 64.8 Å². The van der Waals surface area contributed by atoms with E-state index in [1.54, 1.807) is 12.1 Å². The molecule has 0 radical (unpaired) electrons. The number of nitrogens with zero attached hydrogens (tertiary/aromatic N) is 2. The van der Waals surface area contributed by atoms with E-state index in [1.807, 2.05) is 49.4 Å². The molecule has 3 N–H and O–H groups in total. The van der Waals surface area contributed by atoms with Crippen molar-refractivity contribution in [2.24, 2.45) is 0 Å². The molecule has 0 saturated heterocycles. The van der Waals surface area contributed by atoms with Crippen LogP contribution in [0.2, 0.25) is 0 Å². The first kappa shape index (κ1) is 21.3. The number of carboxylic acids is 1. The van der Waals surface area contributed by atoms with Crippen molar-refractivity contribution >= 4 is 50.5 Å². The minimum atomic E-state index is -1.19. The number of thiophene rings is 1. The minimum absolute atomic E-state index is 0.0313. The highest BCUT2D eigenvalue weighted by molar-refractivity contribution is 7.17. The highest BCUT2D eigenvalue weighted by Crippen LogP contribution is 2.22. The van der Waals surface area contributed by atoms with E-state index in [2.05, 4.69) is 15.6 Å². The predicted octanol–water partition coefficient (Wildman–Crippen LogP) is 4.10. The third-order valence-electron chi connectivity index (χ3n) is 4.85. The Balaban J connectivity index is 1.52. The molecule has 0 unspecified atom stereocenters. The maximum absolute atomic E-state index is 13.0. The quantitative estimate of drug-likeness (QED) is 0.392. The Bertz CT molecular complexity index is 1340. The fourth-order valence-corrected chi connectivity index (χ4v) is 4.25. The molecule has 0 aliphatic heterocycles. The van der Waals surface area contributed by atoms with Crippen LogP contribution in [-0.4, -0.2) is 26.5 Å². The van der Waals surface area contributed by atoms with E-state index >= 15 is 0 Å². The smallest absolute Gasteiger partial charge is 0.337 e. The molecule has 2 aromatic carbocycles. The van der Waals surface area contributed by atoms with Gasteiger partial charge in [-0.3, -0.25) is 14.2 Å². The first-order valence-corrected chi connectivity index (χ1v) is 10.8.